The van der Waals surface area contributed by atoms with Gasteiger partial charge in [-0.1, -0.05) is 51.0 Å². The number of nitrogens with zero attached hydrogens (tertiary/aromatic N) is 1. The minimum atomic E-state index is -0.364. The van der Waals surface area contributed by atoms with Crippen LogP contribution in [0.2, 0.25) is 0 Å². The fraction of sp³-hybridized carbons (Fsp3) is 0.400. The van der Waals surface area contributed by atoms with Crippen molar-refractivity contribution in [1.29, 1.82) is 0 Å². The largest absolute Gasteiger partial charge is 0.508 e. The number of benzene rings is 2. The van der Waals surface area contributed by atoms with E-state index in [1.165, 1.54) is 5.56 Å². The highest BCUT2D eigenvalue weighted by atomic mass is 16.6. The van der Waals surface area contributed by atoms with Crippen LogP contribution in [0.25, 0.3) is 0 Å². The SMILES string of the molecule is CCCC(C)C(Cc1ccc(O)cc1)Cc1ccc([N+](=O)[O-])cc1. The third kappa shape index (κ3) is 5.08. The van der Waals surface area contributed by atoms with Crippen LogP contribution >= 0.6 is 0 Å². The van der Waals surface area contributed by atoms with Crippen LogP contribution in [0.4, 0.5) is 5.69 Å². The minimum absolute atomic E-state index is 0.135. The molecule has 0 saturated heterocycles. The van der Waals surface area contributed by atoms with E-state index in [4.69, 9.17) is 0 Å². The van der Waals surface area contributed by atoms with Crippen molar-refractivity contribution >= 4 is 5.69 Å². The quantitative estimate of drug-likeness (QED) is 0.539. The molecule has 0 aliphatic rings. The summed E-state index contributed by atoms with van der Waals surface area (Å²) >= 11 is 0. The summed E-state index contributed by atoms with van der Waals surface area (Å²) < 4.78 is 0. The summed E-state index contributed by atoms with van der Waals surface area (Å²) in [4.78, 5) is 10.4. The van der Waals surface area contributed by atoms with E-state index in [-0.39, 0.29) is 16.4 Å². The summed E-state index contributed by atoms with van der Waals surface area (Å²) in [7, 11) is 0. The third-order valence-corrected chi connectivity index (χ3v) is 4.63. The van der Waals surface area contributed by atoms with Crippen molar-refractivity contribution in [3.8, 4) is 5.75 Å². The molecule has 0 fully saturated rings. The molecule has 0 aliphatic carbocycles. The molecule has 0 saturated carbocycles. The number of phenols is 1. The minimum Gasteiger partial charge on any atom is -0.508 e. The van der Waals surface area contributed by atoms with Crippen molar-refractivity contribution < 1.29 is 10.0 Å². The Kier molecular flexibility index (Phi) is 6.36. The lowest BCUT2D eigenvalue weighted by molar-refractivity contribution is -0.384. The van der Waals surface area contributed by atoms with Gasteiger partial charge in [0.25, 0.3) is 5.69 Å². The van der Waals surface area contributed by atoms with Crippen molar-refractivity contribution in [3.05, 3.63) is 69.8 Å². The van der Waals surface area contributed by atoms with Crippen LogP contribution in [0.3, 0.4) is 0 Å². The highest BCUT2D eigenvalue weighted by Gasteiger charge is 2.18. The zero-order valence-electron chi connectivity index (χ0n) is 14.3. The number of nitro groups is 1. The number of nitro benzene ring substituents is 1. The zero-order valence-corrected chi connectivity index (χ0v) is 14.3. The second kappa shape index (κ2) is 8.48. The van der Waals surface area contributed by atoms with Crippen molar-refractivity contribution in [2.24, 2.45) is 11.8 Å². The molecule has 0 amide bonds. The molecule has 4 nitrogen and oxygen atoms in total. The number of non-ortho nitro benzene ring substituents is 1. The molecule has 2 unspecified atom stereocenters. The molecule has 2 atom stereocenters. The predicted octanol–water partition coefficient (Wildman–Crippen LogP) is 5.14. The molecule has 0 aromatic heterocycles. The van der Waals surface area contributed by atoms with Crippen LogP contribution in [-0.2, 0) is 12.8 Å². The Balaban J connectivity index is 2.13. The summed E-state index contributed by atoms with van der Waals surface area (Å²) in [5.41, 5.74) is 2.48. The molecule has 0 aliphatic heterocycles. The standard InChI is InChI=1S/C20H25NO3/c1-3-4-15(2)18(14-17-7-11-20(22)12-8-17)13-16-5-9-19(10-6-16)21(23)24/h5-12,15,18,22H,3-4,13-14H2,1-2H3. The van der Waals surface area contributed by atoms with Crippen LogP contribution in [0.5, 0.6) is 5.75 Å². The van der Waals surface area contributed by atoms with E-state index in [0.29, 0.717) is 11.8 Å². The lowest BCUT2D eigenvalue weighted by Gasteiger charge is -2.24. The molecule has 0 bridgehead atoms. The van der Waals surface area contributed by atoms with Crippen LogP contribution in [-0.4, -0.2) is 10.0 Å². The number of hydrogen-bond donors (Lipinski definition) is 1. The van der Waals surface area contributed by atoms with Gasteiger partial charge in [0.1, 0.15) is 5.75 Å². The summed E-state index contributed by atoms with van der Waals surface area (Å²) in [6.45, 7) is 4.47. The second-order valence-electron chi connectivity index (χ2n) is 6.52. The Bertz CT molecular complexity index is 650. The van der Waals surface area contributed by atoms with Crippen molar-refractivity contribution in [2.75, 3.05) is 0 Å². The Morgan fingerprint density at radius 1 is 1.00 bits per heavy atom. The fourth-order valence-electron chi connectivity index (χ4n) is 3.16. The van der Waals surface area contributed by atoms with E-state index in [2.05, 4.69) is 13.8 Å². The van der Waals surface area contributed by atoms with Gasteiger partial charge in [0, 0.05) is 12.1 Å². The van der Waals surface area contributed by atoms with E-state index in [1.54, 1.807) is 24.3 Å². The first-order chi connectivity index (χ1) is 11.5. The molecule has 128 valence electrons. The second-order valence-corrected chi connectivity index (χ2v) is 6.52. The maximum atomic E-state index is 10.8. The molecular weight excluding hydrogens is 302 g/mol. The first-order valence-electron chi connectivity index (χ1n) is 8.50. The fourth-order valence-corrected chi connectivity index (χ4v) is 3.16. The first kappa shape index (κ1) is 18.0. The number of phenolic OH excluding ortho intramolecular Hbond substituents is 1. The maximum absolute atomic E-state index is 10.8. The van der Waals surface area contributed by atoms with Crippen LogP contribution in [0.15, 0.2) is 48.5 Å². The Hall–Kier alpha value is -2.36. The highest BCUT2D eigenvalue weighted by Crippen LogP contribution is 2.27. The lowest BCUT2D eigenvalue weighted by Crippen LogP contribution is -2.17. The van der Waals surface area contributed by atoms with Crippen LogP contribution < -0.4 is 0 Å². The molecular formula is C20H25NO3. The van der Waals surface area contributed by atoms with Crippen LogP contribution in [0, 0.1) is 22.0 Å². The Morgan fingerprint density at radius 2 is 1.50 bits per heavy atom. The molecule has 0 spiro atoms. The lowest BCUT2D eigenvalue weighted by atomic mass is 9.81. The van der Waals surface area contributed by atoms with Crippen LogP contribution in [0.1, 0.15) is 37.8 Å². The van der Waals surface area contributed by atoms with E-state index in [9.17, 15) is 15.2 Å². The number of rotatable bonds is 8. The molecule has 2 aromatic rings. The van der Waals surface area contributed by atoms with E-state index in [0.717, 1.165) is 31.2 Å². The van der Waals surface area contributed by atoms with Crippen molar-refractivity contribution in [1.82, 2.24) is 0 Å². The van der Waals surface area contributed by atoms with E-state index >= 15 is 0 Å². The normalized spacial score (nSPS) is 13.4. The smallest absolute Gasteiger partial charge is 0.269 e. The summed E-state index contributed by atoms with van der Waals surface area (Å²) in [6.07, 6.45) is 4.15. The van der Waals surface area contributed by atoms with Gasteiger partial charge in [0.05, 0.1) is 4.92 Å². The monoisotopic (exact) mass is 327 g/mol. The van der Waals surface area contributed by atoms with Crippen molar-refractivity contribution in [3.63, 3.8) is 0 Å². The van der Waals surface area contributed by atoms with Crippen molar-refractivity contribution in [2.45, 2.75) is 39.5 Å². The van der Waals surface area contributed by atoms with Gasteiger partial charge in [-0.25, -0.2) is 0 Å². The highest BCUT2D eigenvalue weighted by molar-refractivity contribution is 5.33. The van der Waals surface area contributed by atoms with Gasteiger partial charge in [-0.15, -0.1) is 0 Å². The van der Waals surface area contributed by atoms with Gasteiger partial charge in [-0.2, -0.15) is 0 Å². The summed E-state index contributed by atoms with van der Waals surface area (Å²) in [5, 5.41) is 20.2. The molecule has 24 heavy (non-hydrogen) atoms. The number of aromatic hydroxyl groups is 1. The van der Waals surface area contributed by atoms with Gasteiger partial charge in [0.15, 0.2) is 0 Å². The van der Waals surface area contributed by atoms with Gasteiger partial charge >= 0.3 is 0 Å². The molecule has 1 N–H and O–H groups in total. The number of hydrogen-bond acceptors (Lipinski definition) is 3. The maximum Gasteiger partial charge on any atom is 0.269 e. The van der Waals surface area contributed by atoms with Gasteiger partial charge in [0.2, 0.25) is 0 Å². The zero-order chi connectivity index (χ0) is 17.5. The molecule has 2 rings (SSSR count). The predicted molar refractivity (Wildman–Crippen MR) is 96.2 cm³/mol. The van der Waals surface area contributed by atoms with Gasteiger partial charge < -0.3 is 5.11 Å². The third-order valence-electron chi connectivity index (χ3n) is 4.63. The molecule has 0 heterocycles. The topological polar surface area (TPSA) is 63.4 Å². The summed E-state index contributed by atoms with van der Waals surface area (Å²) in [5.74, 6) is 1.32. The average molecular weight is 327 g/mol. The molecule has 4 heteroatoms. The molecule has 2 aromatic carbocycles. The summed E-state index contributed by atoms with van der Waals surface area (Å²) in [6, 6.07) is 14.3. The van der Waals surface area contributed by atoms with E-state index in [1.807, 2.05) is 24.3 Å². The first-order valence-corrected chi connectivity index (χ1v) is 8.50. The Morgan fingerprint density at radius 3 is 1.96 bits per heavy atom. The average Bonchev–Trinajstić information content (AvgIpc) is 2.57. The van der Waals surface area contributed by atoms with Gasteiger partial charge in [-0.3, -0.25) is 10.1 Å². The van der Waals surface area contributed by atoms with E-state index < -0.39 is 0 Å². The van der Waals surface area contributed by atoms with Gasteiger partial charge in [-0.05, 0) is 47.9 Å². The molecule has 0 radical (unpaired) electrons. The Labute approximate surface area is 143 Å².